The molecule has 0 aromatic carbocycles. The summed E-state index contributed by atoms with van der Waals surface area (Å²) in [5.41, 5.74) is -1.71. The Labute approximate surface area is 302 Å². The summed E-state index contributed by atoms with van der Waals surface area (Å²) in [6, 6.07) is -1.26. The molecule has 4 aromatic heterocycles. The van der Waals surface area contributed by atoms with Crippen molar-refractivity contribution in [3.05, 3.63) is 88.0 Å². The third-order valence-corrected chi connectivity index (χ3v) is 8.92. The molecule has 0 radical (unpaired) electrons. The van der Waals surface area contributed by atoms with E-state index in [1.54, 1.807) is 13.8 Å². The van der Waals surface area contributed by atoms with E-state index >= 15 is 0 Å². The van der Waals surface area contributed by atoms with Gasteiger partial charge in [0, 0.05) is 36.4 Å². The van der Waals surface area contributed by atoms with Gasteiger partial charge in [-0.2, -0.15) is 0 Å². The van der Waals surface area contributed by atoms with Crippen molar-refractivity contribution in [1.29, 1.82) is 0 Å². The van der Waals surface area contributed by atoms with Crippen LogP contribution in [0.2, 0.25) is 0 Å². The number of carbonyl (C=O) groups excluding carboxylic acids is 2. The van der Waals surface area contributed by atoms with Gasteiger partial charge in [-0.25, -0.2) is 28.5 Å². The second-order valence-electron chi connectivity index (χ2n) is 12.1. The van der Waals surface area contributed by atoms with E-state index in [0.717, 1.165) is 0 Å². The highest BCUT2D eigenvalue weighted by Gasteiger charge is 2.42. The minimum Gasteiger partial charge on any atom is -0.464 e. The quantitative estimate of drug-likeness (QED) is 0.0853. The number of hydrogen-bond acceptors (Lipinski definition) is 18. The Hall–Kier alpha value is -5.66. The molecule has 54 heavy (non-hydrogen) atoms. The number of rotatable bonds is 10. The molecule has 0 spiro atoms. The SMILES string of the molecule is COC(=O)c1c(CO)nnn1[C@H]1C[C@H](n2cc(C)c(=O)[nH]c2=O)O[C@@H]1CO.COC(=O)c1nnn([C@H]2C[C@H](n3cc(C)c(=O)[nH]c3=O)O[C@@H]2CO)c1CO. The maximum Gasteiger partial charge on any atom is 0.360 e. The normalized spacial score (nSPS) is 22.1. The Balaban J connectivity index is 0.000000208. The Morgan fingerprint density at radius 3 is 1.69 bits per heavy atom. The smallest absolute Gasteiger partial charge is 0.360 e. The number of aryl methyl sites for hydroxylation is 2. The molecule has 0 aliphatic carbocycles. The lowest BCUT2D eigenvalue weighted by atomic mass is 10.1. The summed E-state index contributed by atoms with van der Waals surface area (Å²) in [7, 11) is 2.36. The maximum absolute atomic E-state index is 12.1. The summed E-state index contributed by atoms with van der Waals surface area (Å²) in [6.07, 6.45) is -0.0729. The lowest BCUT2D eigenvalue weighted by molar-refractivity contribution is -0.0327. The maximum atomic E-state index is 12.1. The summed E-state index contributed by atoms with van der Waals surface area (Å²) in [4.78, 5) is 75.5. The average Bonchev–Trinajstić information content (AvgIpc) is 3.97. The molecule has 2 aliphatic rings. The summed E-state index contributed by atoms with van der Waals surface area (Å²) in [5, 5.41) is 53.7. The van der Waals surface area contributed by atoms with Crippen LogP contribution in [0.25, 0.3) is 0 Å². The molecule has 2 saturated heterocycles. The van der Waals surface area contributed by atoms with E-state index in [1.807, 2.05) is 0 Å². The molecule has 24 nitrogen and oxygen atoms in total. The molecule has 0 bridgehead atoms. The van der Waals surface area contributed by atoms with Crippen molar-refractivity contribution in [2.24, 2.45) is 0 Å². The van der Waals surface area contributed by atoms with Crippen molar-refractivity contribution < 1.29 is 49.0 Å². The van der Waals surface area contributed by atoms with Gasteiger partial charge in [0.05, 0.1) is 58.4 Å². The highest BCUT2D eigenvalue weighted by molar-refractivity contribution is 5.88. The Morgan fingerprint density at radius 2 is 1.24 bits per heavy atom. The first-order valence-electron chi connectivity index (χ1n) is 16.2. The number of esters is 2. The fourth-order valence-corrected chi connectivity index (χ4v) is 6.17. The standard InChI is InChI=1S/2C15H19N5O7/c1-7-4-19(15(25)16-13(7)23)11-3-9(10(6-22)27-11)20-12(14(24)26-2)8(5-21)17-18-20;1-7-4-19(15(25)16-13(7)23)11-3-8(10(6-22)27-11)20-9(5-21)12(17-18-20)14(24)26-2/h4,9-11,21-22H,3,5-6H2,1-2H3,(H,16,23,25);4,8,10-11,21-22H,3,5-6H2,1-2H3,(H,16,23,25)/t9-,10+,11+;8-,10+,11+/m00/s1. The van der Waals surface area contributed by atoms with Crippen LogP contribution in [0.3, 0.4) is 0 Å². The number of aromatic nitrogens is 10. The van der Waals surface area contributed by atoms with Gasteiger partial charge >= 0.3 is 23.3 Å². The average molecular weight is 763 g/mol. The monoisotopic (exact) mass is 762 g/mol. The van der Waals surface area contributed by atoms with Gasteiger partial charge in [0.1, 0.15) is 30.4 Å². The number of aliphatic hydroxyl groups excluding tert-OH is 4. The van der Waals surface area contributed by atoms with Crippen LogP contribution in [0.1, 0.15) is 80.9 Å². The van der Waals surface area contributed by atoms with Gasteiger partial charge in [-0.05, 0) is 13.8 Å². The topological polar surface area (TPSA) is 323 Å². The summed E-state index contributed by atoms with van der Waals surface area (Å²) in [6.45, 7) is 1.24. The number of aromatic amines is 2. The van der Waals surface area contributed by atoms with Gasteiger partial charge in [-0.1, -0.05) is 10.4 Å². The number of hydrogen-bond donors (Lipinski definition) is 6. The van der Waals surface area contributed by atoms with Crippen molar-refractivity contribution in [3.8, 4) is 0 Å². The van der Waals surface area contributed by atoms with E-state index in [9.17, 15) is 49.2 Å². The predicted molar refractivity (Wildman–Crippen MR) is 176 cm³/mol. The molecule has 6 rings (SSSR count). The number of carbonyl (C=O) groups is 2. The number of methoxy groups -OCH3 is 2. The van der Waals surface area contributed by atoms with E-state index in [2.05, 4.69) is 35.3 Å². The number of H-pyrrole nitrogens is 2. The molecule has 4 aromatic rings. The van der Waals surface area contributed by atoms with Crippen LogP contribution in [0, 0.1) is 13.8 Å². The second kappa shape index (κ2) is 16.6. The van der Waals surface area contributed by atoms with Crippen LogP contribution in [0.15, 0.2) is 31.6 Å². The third-order valence-electron chi connectivity index (χ3n) is 8.92. The fourth-order valence-electron chi connectivity index (χ4n) is 6.17. The van der Waals surface area contributed by atoms with Crippen LogP contribution < -0.4 is 22.5 Å². The lowest BCUT2D eigenvalue weighted by Crippen LogP contribution is -2.33. The van der Waals surface area contributed by atoms with Gasteiger partial charge in [0.15, 0.2) is 11.4 Å². The molecule has 6 atom stereocenters. The first kappa shape index (κ1) is 39.5. The van der Waals surface area contributed by atoms with E-state index in [0.29, 0.717) is 11.1 Å². The van der Waals surface area contributed by atoms with E-state index < -0.39 is 97.6 Å². The van der Waals surface area contributed by atoms with E-state index in [1.165, 1.54) is 45.1 Å². The van der Waals surface area contributed by atoms with Gasteiger partial charge in [-0.15, -0.1) is 10.2 Å². The minimum absolute atomic E-state index is 0.0269. The molecular formula is C30H38N10O14. The highest BCUT2D eigenvalue weighted by Crippen LogP contribution is 2.38. The number of ether oxygens (including phenoxy) is 4. The molecule has 292 valence electrons. The van der Waals surface area contributed by atoms with Gasteiger partial charge in [-0.3, -0.25) is 28.7 Å². The molecule has 0 saturated carbocycles. The van der Waals surface area contributed by atoms with Gasteiger partial charge < -0.3 is 39.4 Å². The molecule has 2 fully saturated rings. The van der Waals surface area contributed by atoms with Crippen LogP contribution in [0.4, 0.5) is 0 Å². The molecule has 6 heterocycles. The largest absolute Gasteiger partial charge is 0.464 e. The van der Waals surface area contributed by atoms with Crippen LogP contribution in [0.5, 0.6) is 0 Å². The highest BCUT2D eigenvalue weighted by atomic mass is 16.5. The molecule has 6 N–H and O–H groups in total. The summed E-state index contributed by atoms with van der Waals surface area (Å²) < 4.78 is 25.7. The third kappa shape index (κ3) is 7.55. The van der Waals surface area contributed by atoms with Crippen molar-refractivity contribution in [3.63, 3.8) is 0 Å². The van der Waals surface area contributed by atoms with Crippen molar-refractivity contribution in [2.75, 3.05) is 27.4 Å². The lowest BCUT2D eigenvalue weighted by Gasteiger charge is -2.17. The van der Waals surface area contributed by atoms with Crippen molar-refractivity contribution in [1.82, 2.24) is 49.1 Å². The van der Waals surface area contributed by atoms with Crippen molar-refractivity contribution >= 4 is 11.9 Å². The Kier molecular flexibility index (Phi) is 12.1. The number of nitrogens with one attached hydrogen (secondary N) is 2. The molecule has 0 unspecified atom stereocenters. The second-order valence-corrected chi connectivity index (χ2v) is 12.1. The zero-order chi connectivity index (χ0) is 39.4. The summed E-state index contributed by atoms with van der Waals surface area (Å²) in [5.74, 6) is -1.50. The van der Waals surface area contributed by atoms with E-state index in [-0.39, 0.29) is 35.6 Å². The predicted octanol–water partition coefficient (Wildman–Crippen LogP) is -3.53. The van der Waals surface area contributed by atoms with Crippen molar-refractivity contribution in [2.45, 2.75) is 76.7 Å². The first-order valence-corrected chi connectivity index (χ1v) is 16.2. The van der Waals surface area contributed by atoms with Gasteiger partial charge in [0.25, 0.3) is 11.1 Å². The number of aliphatic hydroxyl groups is 4. The Morgan fingerprint density at radius 1 is 0.759 bits per heavy atom. The van der Waals surface area contributed by atoms with Crippen LogP contribution >= 0.6 is 0 Å². The molecule has 24 heteroatoms. The van der Waals surface area contributed by atoms with E-state index in [4.69, 9.17) is 14.2 Å². The fraction of sp³-hybridized carbons (Fsp3) is 0.533. The molecule has 2 aliphatic heterocycles. The molecular weight excluding hydrogens is 724 g/mol. The van der Waals surface area contributed by atoms with Gasteiger partial charge in [0.2, 0.25) is 0 Å². The minimum atomic E-state index is -0.803. The van der Waals surface area contributed by atoms with Crippen LogP contribution in [-0.2, 0) is 32.2 Å². The summed E-state index contributed by atoms with van der Waals surface area (Å²) >= 11 is 0. The zero-order valence-corrected chi connectivity index (χ0v) is 29.3. The first-order chi connectivity index (χ1) is 25.8. The van der Waals surface area contributed by atoms with Crippen LogP contribution in [-0.4, -0.2) is 121 Å². The number of nitrogens with zero attached hydrogens (tertiary/aromatic N) is 8. The molecule has 0 amide bonds. The Bertz CT molecular complexity index is 2240. The zero-order valence-electron chi connectivity index (χ0n) is 29.3.